The summed E-state index contributed by atoms with van der Waals surface area (Å²) in [6, 6.07) is 5.71. The number of nitrogens with zero attached hydrogens (tertiary/aromatic N) is 3. The van der Waals surface area contributed by atoms with E-state index in [-0.39, 0.29) is 0 Å². The maximum absolute atomic E-state index is 5.94. The largest absolute Gasteiger partial charge is 0.288 e. The van der Waals surface area contributed by atoms with Gasteiger partial charge in [-0.2, -0.15) is 0 Å². The third-order valence-electron chi connectivity index (χ3n) is 2.03. The Bertz CT molecular complexity index is 475. The monoisotopic (exact) mass is 219 g/mol. The van der Waals surface area contributed by atoms with Gasteiger partial charge in [-0.3, -0.25) is 4.57 Å². The van der Waals surface area contributed by atoms with Crippen molar-refractivity contribution >= 4 is 17.7 Å². The molecule has 0 saturated heterocycles. The lowest BCUT2D eigenvalue weighted by Gasteiger charge is -2.06. The lowest BCUT2D eigenvalue weighted by molar-refractivity contribution is 1.05. The molecule has 1 heterocycles. The summed E-state index contributed by atoms with van der Waals surface area (Å²) < 4.78 is 1.85. The van der Waals surface area contributed by atoms with Crippen molar-refractivity contribution in [3.05, 3.63) is 47.5 Å². The first-order valence-corrected chi connectivity index (χ1v) is 4.96. The van der Waals surface area contributed by atoms with Crippen LogP contribution in [0.1, 0.15) is 12.5 Å². The average molecular weight is 220 g/mol. The van der Waals surface area contributed by atoms with Gasteiger partial charge in [0.15, 0.2) is 0 Å². The Morgan fingerprint density at radius 1 is 1.27 bits per heavy atom. The molecule has 0 aliphatic rings. The van der Waals surface area contributed by atoms with Crippen LogP contribution in [-0.4, -0.2) is 14.8 Å². The minimum atomic E-state index is 0.722. The van der Waals surface area contributed by atoms with Crippen LogP contribution in [0.5, 0.6) is 0 Å². The minimum Gasteiger partial charge on any atom is -0.288 e. The zero-order valence-electron chi connectivity index (χ0n) is 8.26. The third-order valence-corrected chi connectivity index (χ3v) is 2.27. The molecule has 0 N–H and O–H groups in total. The van der Waals surface area contributed by atoms with Gasteiger partial charge < -0.3 is 0 Å². The Morgan fingerprint density at radius 3 is 2.67 bits per heavy atom. The van der Waals surface area contributed by atoms with E-state index in [1.165, 1.54) is 0 Å². The van der Waals surface area contributed by atoms with Gasteiger partial charge in [-0.1, -0.05) is 23.8 Å². The molecule has 2 rings (SSSR count). The predicted molar refractivity (Wildman–Crippen MR) is 61.1 cm³/mol. The number of allylic oxidation sites excluding steroid dienone is 1. The van der Waals surface area contributed by atoms with Gasteiger partial charge in [0.05, 0.1) is 5.69 Å². The molecule has 0 atom stereocenters. The van der Waals surface area contributed by atoms with E-state index in [1.54, 1.807) is 12.7 Å². The molecule has 0 aliphatic heterocycles. The lowest BCUT2D eigenvalue weighted by Crippen LogP contribution is -1.93. The van der Waals surface area contributed by atoms with Crippen LogP contribution in [0.25, 0.3) is 11.8 Å². The number of benzene rings is 1. The highest BCUT2D eigenvalue weighted by Gasteiger charge is 2.02. The highest BCUT2D eigenvalue weighted by Crippen LogP contribution is 2.20. The second-order valence-electron chi connectivity index (χ2n) is 3.07. The van der Waals surface area contributed by atoms with E-state index in [2.05, 4.69) is 10.2 Å². The standard InChI is InChI=1S/C11H10ClN3/c1-2-3-9-6-10(12)4-5-11(9)15-7-13-14-8-15/h2-8H,1H3/b3-2+. The molecular formula is C11H10ClN3. The fraction of sp³-hybridized carbons (Fsp3) is 0.0909. The van der Waals surface area contributed by atoms with Crippen LogP contribution >= 0.6 is 11.6 Å². The van der Waals surface area contributed by atoms with E-state index < -0.39 is 0 Å². The highest BCUT2D eigenvalue weighted by molar-refractivity contribution is 6.30. The van der Waals surface area contributed by atoms with Gasteiger partial charge in [0.25, 0.3) is 0 Å². The van der Waals surface area contributed by atoms with Crippen LogP contribution < -0.4 is 0 Å². The maximum Gasteiger partial charge on any atom is 0.123 e. The minimum absolute atomic E-state index is 0.722. The molecule has 0 aliphatic carbocycles. The van der Waals surface area contributed by atoms with Crippen LogP contribution in [-0.2, 0) is 0 Å². The zero-order valence-corrected chi connectivity index (χ0v) is 9.02. The first-order chi connectivity index (χ1) is 7.31. The number of hydrogen-bond acceptors (Lipinski definition) is 2. The van der Waals surface area contributed by atoms with Crippen molar-refractivity contribution in [2.45, 2.75) is 6.92 Å². The maximum atomic E-state index is 5.94. The fourth-order valence-corrected chi connectivity index (χ4v) is 1.58. The Morgan fingerprint density at radius 2 is 2.00 bits per heavy atom. The molecule has 0 saturated carbocycles. The molecular weight excluding hydrogens is 210 g/mol. The zero-order chi connectivity index (χ0) is 10.7. The summed E-state index contributed by atoms with van der Waals surface area (Å²) in [4.78, 5) is 0. The molecule has 1 aromatic heterocycles. The first-order valence-electron chi connectivity index (χ1n) is 4.58. The van der Waals surface area contributed by atoms with Crippen molar-refractivity contribution in [1.82, 2.24) is 14.8 Å². The lowest BCUT2D eigenvalue weighted by atomic mass is 10.1. The second-order valence-corrected chi connectivity index (χ2v) is 3.51. The van der Waals surface area contributed by atoms with Gasteiger partial charge >= 0.3 is 0 Å². The van der Waals surface area contributed by atoms with E-state index in [9.17, 15) is 0 Å². The Hall–Kier alpha value is -1.61. The number of aromatic nitrogens is 3. The SMILES string of the molecule is C/C=C/c1cc(Cl)ccc1-n1cnnc1. The molecule has 0 radical (unpaired) electrons. The topological polar surface area (TPSA) is 30.7 Å². The summed E-state index contributed by atoms with van der Waals surface area (Å²) in [7, 11) is 0. The molecule has 4 heteroatoms. The molecule has 0 spiro atoms. The van der Waals surface area contributed by atoms with E-state index in [0.29, 0.717) is 0 Å². The molecule has 15 heavy (non-hydrogen) atoms. The first kappa shape index (κ1) is 9.93. The molecule has 3 nitrogen and oxygen atoms in total. The van der Waals surface area contributed by atoms with Crippen LogP contribution in [0.15, 0.2) is 36.9 Å². The van der Waals surface area contributed by atoms with Crippen molar-refractivity contribution in [1.29, 1.82) is 0 Å². The highest BCUT2D eigenvalue weighted by atomic mass is 35.5. The van der Waals surface area contributed by atoms with E-state index in [4.69, 9.17) is 11.6 Å². The van der Waals surface area contributed by atoms with Crippen molar-refractivity contribution in [2.75, 3.05) is 0 Å². The number of hydrogen-bond donors (Lipinski definition) is 0. The van der Waals surface area contributed by atoms with E-state index in [1.807, 2.05) is 41.8 Å². The van der Waals surface area contributed by atoms with E-state index in [0.717, 1.165) is 16.3 Å². The van der Waals surface area contributed by atoms with Crippen LogP contribution in [0.3, 0.4) is 0 Å². The molecule has 0 amide bonds. The van der Waals surface area contributed by atoms with E-state index >= 15 is 0 Å². The summed E-state index contributed by atoms with van der Waals surface area (Å²) in [6.07, 6.45) is 7.30. The normalized spacial score (nSPS) is 11.1. The van der Waals surface area contributed by atoms with Crippen molar-refractivity contribution < 1.29 is 0 Å². The molecule has 76 valence electrons. The van der Waals surface area contributed by atoms with Gasteiger partial charge in [-0.05, 0) is 30.7 Å². The van der Waals surface area contributed by atoms with Gasteiger partial charge in [-0.15, -0.1) is 10.2 Å². The Kier molecular flexibility index (Phi) is 2.83. The molecule has 2 aromatic rings. The van der Waals surface area contributed by atoms with Gasteiger partial charge in [0.2, 0.25) is 0 Å². The van der Waals surface area contributed by atoms with Gasteiger partial charge in [0, 0.05) is 5.02 Å². The summed E-state index contributed by atoms with van der Waals surface area (Å²) >= 11 is 5.94. The summed E-state index contributed by atoms with van der Waals surface area (Å²) in [5, 5.41) is 8.28. The van der Waals surface area contributed by atoms with Gasteiger partial charge in [0.1, 0.15) is 12.7 Å². The number of rotatable bonds is 2. The van der Waals surface area contributed by atoms with Crippen LogP contribution in [0.4, 0.5) is 0 Å². The smallest absolute Gasteiger partial charge is 0.123 e. The molecule has 0 bridgehead atoms. The molecule has 0 fully saturated rings. The average Bonchev–Trinajstić information content (AvgIpc) is 2.71. The second kappa shape index (κ2) is 4.28. The Labute approximate surface area is 93.0 Å². The van der Waals surface area contributed by atoms with Crippen molar-refractivity contribution in [2.24, 2.45) is 0 Å². The quantitative estimate of drug-likeness (QED) is 0.778. The summed E-state index contributed by atoms with van der Waals surface area (Å²) in [5.41, 5.74) is 2.06. The van der Waals surface area contributed by atoms with Crippen LogP contribution in [0, 0.1) is 0 Å². The molecule has 1 aromatic carbocycles. The molecule has 0 unspecified atom stereocenters. The summed E-state index contributed by atoms with van der Waals surface area (Å²) in [5.74, 6) is 0. The third kappa shape index (κ3) is 2.07. The number of halogens is 1. The van der Waals surface area contributed by atoms with Crippen molar-refractivity contribution in [3.8, 4) is 5.69 Å². The fourth-order valence-electron chi connectivity index (χ4n) is 1.40. The van der Waals surface area contributed by atoms with Crippen molar-refractivity contribution in [3.63, 3.8) is 0 Å². The van der Waals surface area contributed by atoms with Crippen LogP contribution in [0.2, 0.25) is 5.02 Å². The van der Waals surface area contributed by atoms with Gasteiger partial charge in [-0.25, -0.2) is 0 Å². The predicted octanol–water partition coefficient (Wildman–Crippen LogP) is 2.95. The summed E-state index contributed by atoms with van der Waals surface area (Å²) in [6.45, 7) is 1.97. The Balaban J connectivity index is 2.56.